The van der Waals surface area contributed by atoms with Crippen LogP contribution in [0.15, 0.2) is 95.8 Å². The van der Waals surface area contributed by atoms with Crippen molar-refractivity contribution in [2.45, 2.75) is 0 Å². The minimum absolute atomic E-state index is 0.255. The van der Waals surface area contributed by atoms with Crippen molar-refractivity contribution in [1.29, 1.82) is 0 Å². The third-order valence-corrected chi connectivity index (χ3v) is 4.17. The fourth-order valence-corrected chi connectivity index (χ4v) is 2.79. The first-order valence-electron chi connectivity index (χ1n) is 8.98. The van der Waals surface area contributed by atoms with Crippen molar-refractivity contribution in [3.63, 3.8) is 0 Å². The van der Waals surface area contributed by atoms with Gasteiger partial charge in [-0.15, -0.1) is 0 Å². The molecule has 0 aliphatic rings. The van der Waals surface area contributed by atoms with Crippen LogP contribution in [0.4, 0.5) is 5.69 Å². The summed E-state index contributed by atoms with van der Waals surface area (Å²) in [6.07, 6.45) is 0. The van der Waals surface area contributed by atoms with E-state index in [9.17, 15) is 9.59 Å². The Morgan fingerprint density at radius 2 is 1.62 bits per heavy atom. The molecular formula is C23H17N3O3. The lowest BCUT2D eigenvalue weighted by Crippen LogP contribution is -2.12. The molecule has 29 heavy (non-hydrogen) atoms. The molecule has 2 N–H and O–H groups in total. The van der Waals surface area contributed by atoms with Crippen LogP contribution in [0.25, 0.3) is 11.3 Å². The normalized spacial score (nSPS) is 10.3. The fraction of sp³-hybridized carbons (Fsp3) is 0. The Morgan fingerprint density at radius 3 is 2.41 bits per heavy atom. The maximum atomic E-state index is 12.7. The molecule has 6 heteroatoms. The first-order valence-corrected chi connectivity index (χ1v) is 8.98. The first-order chi connectivity index (χ1) is 14.2. The number of carbonyl (C=O) groups is 1. The highest BCUT2D eigenvalue weighted by Crippen LogP contribution is 2.23. The minimum Gasteiger partial charge on any atom is -0.457 e. The molecule has 6 nitrogen and oxygen atoms in total. The van der Waals surface area contributed by atoms with Crippen LogP contribution >= 0.6 is 0 Å². The van der Waals surface area contributed by atoms with Crippen molar-refractivity contribution in [1.82, 2.24) is 10.2 Å². The Balaban J connectivity index is 1.51. The maximum absolute atomic E-state index is 12.7. The number of aromatic nitrogens is 2. The van der Waals surface area contributed by atoms with E-state index in [1.165, 1.54) is 6.07 Å². The van der Waals surface area contributed by atoms with Gasteiger partial charge < -0.3 is 10.1 Å². The predicted molar refractivity (Wildman–Crippen MR) is 111 cm³/mol. The third-order valence-electron chi connectivity index (χ3n) is 4.17. The van der Waals surface area contributed by atoms with Crippen LogP contribution in [0, 0.1) is 0 Å². The van der Waals surface area contributed by atoms with Crippen LogP contribution in [0.2, 0.25) is 0 Å². The zero-order valence-corrected chi connectivity index (χ0v) is 15.3. The zero-order valence-electron chi connectivity index (χ0n) is 15.3. The summed E-state index contributed by atoms with van der Waals surface area (Å²) in [5.41, 5.74) is 2.22. The first kappa shape index (κ1) is 18.2. The number of carbonyl (C=O) groups excluding carboxylic acids is 1. The number of benzene rings is 3. The van der Waals surface area contributed by atoms with Crippen LogP contribution in [0.3, 0.4) is 0 Å². The molecule has 0 aliphatic heterocycles. The second-order valence-corrected chi connectivity index (χ2v) is 6.28. The molecule has 0 radical (unpaired) electrons. The van der Waals surface area contributed by atoms with Gasteiger partial charge in [-0.1, -0.05) is 36.4 Å². The highest BCUT2D eigenvalue weighted by atomic mass is 16.5. The molecule has 1 amide bonds. The van der Waals surface area contributed by atoms with Crippen molar-refractivity contribution in [2.75, 3.05) is 5.32 Å². The molecule has 4 rings (SSSR count). The van der Waals surface area contributed by atoms with Crippen molar-refractivity contribution in [2.24, 2.45) is 0 Å². The topological polar surface area (TPSA) is 84.1 Å². The van der Waals surface area contributed by atoms with Gasteiger partial charge in [-0.25, -0.2) is 5.10 Å². The van der Waals surface area contributed by atoms with Crippen molar-refractivity contribution >= 4 is 11.6 Å². The third kappa shape index (κ3) is 4.56. The number of aromatic amines is 1. The maximum Gasteiger partial charge on any atom is 0.264 e. The lowest BCUT2D eigenvalue weighted by molar-refractivity contribution is 0.102. The Morgan fingerprint density at radius 1 is 0.828 bits per heavy atom. The summed E-state index contributed by atoms with van der Waals surface area (Å²) >= 11 is 0. The lowest BCUT2D eigenvalue weighted by Gasteiger charge is -2.09. The van der Waals surface area contributed by atoms with Crippen molar-refractivity contribution in [3.8, 4) is 22.8 Å². The van der Waals surface area contributed by atoms with E-state index in [-0.39, 0.29) is 11.5 Å². The number of rotatable bonds is 5. The van der Waals surface area contributed by atoms with Gasteiger partial charge >= 0.3 is 0 Å². The van der Waals surface area contributed by atoms with Crippen molar-refractivity contribution in [3.05, 3.63) is 107 Å². The van der Waals surface area contributed by atoms with Gasteiger partial charge in [-0.2, -0.15) is 5.10 Å². The largest absolute Gasteiger partial charge is 0.457 e. The summed E-state index contributed by atoms with van der Waals surface area (Å²) in [5, 5.41) is 9.29. The van der Waals surface area contributed by atoms with Gasteiger partial charge in [0.25, 0.3) is 11.5 Å². The standard InChI is InChI=1S/C23H17N3O3/c27-22-13-12-21(25-26-22)16-6-4-8-18(14-16)24-23(28)17-7-5-11-20(15-17)29-19-9-2-1-3-10-19/h1-15H,(H,24,28)(H,26,27). The number of para-hydroxylation sites is 1. The Kier molecular flexibility index (Phi) is 5.16. The summed E-state index contributed by atoms with van der Waals surface area (Å²) in [4.78, 5) is 23.9. The average molecular weight is 383 g/mol. The summed E-state index contributed by atoms with van der Waals surface area (Å²) < 4.78 is 5.79. The smallest absolute Gasteiger partial charge is 0.264 e. The number of amides is 1. The Hall–Kier alpha value is -4.19. The summed E-state index contributed by atoms with van der Waals surface area (Å²) in [6, 6.07) is 26.6. The lowest BCUT2D eigenvalue weighted by atomic mass is 10.1. The molecule has 0 atom stereocenters. The van der Waals surface area contributed by atoms with Gasteiger partial charge in [0.2, 0.25) is 0 Å². The fourth-order valence-electron chi connectivity index (χ4n) is 2.79. The van der Waals surface area contributed by atoms with E-state index >= 15 is 0 Å². The highest BCUT2D eigenvalue weighted by Gasteiger charge is 2.09. The molecule has 142 valence electrons. The molecule has 0 bridgehead atoms. The quantitative estimate of drug-likeness (QED) is 0.532. The number of H-pyrrole nitrogens is 1. The number of hydrogen-bond donors (Lipinski definition) is 2. The second-order valence-electron chi connectivity index (χ2n) is 6.28. The molecule has 0 unspecified atom stereocenters. The highest BCUT2D eigenvalue weighted by molar-refractivity contribution is 6.04. The van der Waals surface area contributed by atoms with E-state index in [4.69, 9.17) is 4.74 Å². The van der Waals surface area contributed by atoms with Crippen LogP contribution < -0.4 is 15.6 Å². The van der Waals surface area contributed by atoms with E-state index in [0.717, 1.165) is 5.56 Å². The summed E-state index contributed by atoms with van der Waals surface area (Å²) in [7, 11) is 0. The Labute approximate surface area is 166 Å². The minimum atomic E-state index is -0.268. The van der Waals surface area contributed by atoms with Gasteiger partial charge in [0, 0.05) is 22.9 Å². The molecule has 0 saturated heterocycles. The second kappa shape index (κ2) is 8.22. The van der Waals surface area contributed by atoms with Crippen LogP contribution in [-0.4, -0.2) is 16.1 Å². The molecule has 1 aromatic heterocycles. The van der Waals surface area contributed by atoms with Gasteiger partial charge in [-0.05, 0) is 48.5 Å². The zero-order chi connectivity index (χ0) is 20.1. The molecule has 0 fully saturated rings. The van der Waals surface area contributed by atoms with E-state index in [2.05, 4.69) is 15.5 Å². The molecule has 0 aliphatic carbocycles. The van der Waals surface area contributed by atoms with Gasteiger partial charge in [0.15, 0.2) is 0 Å². The average Bonchev–Trinajstić information content (AvgIpc) is 2.75. The van der Waals surface area contributed by atoms with Gasteiger partial charge in [0.05, 0.1) is 5.69 Å². The van der Waals surface area contributed by atoms with Gasteiger partial charge in [-0.3, -0.25) is 9.59 Å². The number of hydrogen-bond acceptors (Lipinski definition) is 4. The van der Waals surface area contributed by atoms with E-state index in [1.807, 2.05) is 42.5 Å². The van der Waals surface area contributed by atoms with E-state index in [1.54, 1.807) is 42.5 Å². The number of nitrogens with one attached hydrogen (secondary N) is 2. The van der Waals surface area contributed by atoms with E-state index < -0.39 is 0 Å². The van der Waals surface area contributed by atoms with Crippen LogP contribution in [-0.2, 0) is 0 Å². The number of anilines is 1. The number of nitrogens with zero attached hydrogens (tertiary/aromatic N) is 1. The van der Waals surface area contributed by atoms with Crippen molar-refractivity contribution < 1.29 is 9.53 Å². The summed E-state index contributed by atoms with van der Waals surface area (Å²) in [6.45, 7) is 0. The summed E-state index contributed by atoms with van der Waals surface area (Å²) in [5.74, 6) is 1.02. The molecule has 0 saturated carbocycles. The number of ether oxygens (including phenoxy) is 1. The van der Waals surface area contributed by atoms with Crippen LogP contribution in [0.5, 0.6) is 11.5 Å². The SMILES string of the molecule is O=C(Nc1cccc(-c2ccc(=O)[nH]n2)c1)c1cccc(Oc2ccccc2)c1. The van der Waals surface area contributed by atoms with Crippen LogP contribution in [0.1, 0.15) is 10.4 Å². The van der Waals surface area contributed by atoms with E-state index in [0.29, 0.717) is 28.4 Å². The van der Waals surface area contributed by atoms with Gasteiger partial charge in [0.1, 0.15) is 11.5 Å². The molecule has 4 aromatic rings. The molecular weight excluding hydrogens is 366 g/mol. The molecule has 3 aromatic carbocycles. The monoisotopic (exact) mass is 383 g/mol. The molecule has 1 heterocycles. The predicted octanol–water partition coefficient (Wildman–Crippen LogP) is 4.48. The Bertz CT molecular complexity index is 1180. The molecule has 0 spiro atoms.